The number of thiocarbonyl (C=S) groups is 1. The Hall–Kier alpha value is -1.09. The summed E-state index contributed by atoms with van der Waals surface area (Å²) in [6, 6.07) is 2.03. The van der Waals surface area contributed by atoms with Gasteiger partial charge < -0.3 is 9.47 Å². The number of ether oxygens (including phenoxy) is 2. The summed E-state index contributed by atoms with van der Waals surface area (Å²) in [6.45, 7) is 0. The molecule has 0 aromatic heterocycles. The summed E-state index contributed by atoms with van der Waals surface area (Å²) in [5.74, 6) is -0.414. The third-order valence-corrected chi connectivity index (χ3v) is 2.12. The second kappa shape index (κ2) is 4.96. The van der Waals surface area contributed by atoms with Gasteiger partial charge >= 0.3 is 0 Å². The summed E-state index contributed by atoms with van der Waals surface area (Å²) in [7, 11) is 3.04. The highest BCUT2D eigenvalue weighted by molar-refractivity contribution is 7.80. The van der Waals surface area contributed by atoms with Crippen LogP contribution in [0.4, 0.5) is 0 Å². The Kier molecular flexibility index (Phi) is 3.89. The summed E-state index contributed by atoms with van der Waals surface area (Å²) in [5.41, 5.74) is 0.589. The maximum absolute atomic E-state index is 8.68. The number of rotatable bonds is 3. The van der Waals surface area contributed by atoms with E-state index in [4.69, 9.17) is 27.0 Å². The zero-order valence-corrected chi connectivity index (χ0v) is 8.75. The minimum absolute atomic E-state index is 0.351. The highest BCUT2D eigenvalue weighted by Gasteiger charge is 2.20. The molecule has 4 nitrogen and oxygen atoms in total. The van der Waals surface area contributed by atoms with Crippen molar-refractivity contribution in [2.75, 3.05) is 14.2 Å². The van der Waals surface area contributed by atoms with Crippen LogP contribution in [-0.2, 0) is 9.47 Å². The lowest BCUT2D eigenvalue weighted by molar-refractivity contribution is -0.0512. The van der Waals surface area contributed by atoms with E-state index in [2.05, 4.69) is 4.99 Å². The van der Waals surface area contributed by atoms with Gasteiger partial charge in [-0.05, 0) is 6.08 Å². The minimum atomic E-state index is -0.524. The second-order valence-corrected chi connectivity index (χ2v) is 3.06. The number of nitrogens with zero attached hydrogens (tertiary/aromatic N) is 2. The van der Waals surface area contributed by atoms with E-state index in [1.165, 1.54) is 14.2 Å². The van der Waals surface area contributed by atoms with Crippen molar-refractivity contribution in [3.8, 4) is 6.07 Å². The molecule has 0 aromatic rings. The SMILES string of the molecule is COC(OC)C1=NC(=S)C(C#N)C=C1. The largest absolute Gasteiger partial charge is 0.350 e. The third-order valence-electron chi connectivity index (χ3n) is 1.77. The van der Waals surface area contributed by atoms with Crippen LogP contribution in [0.2, 0.25) is 0 Å². The van der Waals surface area contributed by atoms with Crippen LogP contribution in [0.5, 0.6) is 0 Å². The summed E-state index contributed by atoms with van der Waals surface area (Å²) < 4.78 is 10.0. The lowest BCUT2D eigenvalue weighted by atomic mass is 10.1. The monoisotopic (exact) mass is 210 g/mol. The molecule has 0 fully saturated rings. The molecule has 0 amide bonds. The zero-order valence-electron chi connectivity index (χ0n) is 7.93. The fourth-order valence-electron chi connectivity index (χ4n) is 1.08. The van der Waals surface area contributed by atoms with Gasteiger partial charge in [0.2, 0.25) is 6.29 Å². The number of hydrogen-bond acceptors (Lipinski definition) is 4. The van der Waals surface area contributed by atoms with Gasteiger partial charge in [0.15, 0.2) is 0 Å². The molecular formula is C9H10N2O2S. The van der Waals surface area contributed by atoms with E-state index in [1.807, 2.05) is 6.07 Å². The summed E-state index contributed by atoms with van der Waals surface area (Å²) in [4.78, 5) is 4.42. The lowest BCUT2D eigenvalue weighted by Crippen LogP contribution is -2.27. The van der Waals surface area contributed by atoms with Crippen LogP contribution in [-0.4, -0.2) is 31.2 Å². The van der Waals surface area contributed by atoms with E-state index in [0.717, 1.165) is 0 Å². The molecule has 1 unspecified atom stereocenters. The predicted octanol–water partition coefficient (Wildman–Crippen LogP) is 1.08. The van der Waals surface area contributed by atoms with Gasteiger partial charge in [-0.3, -0.25) is 0 Å². The molecule has 0 radical (unpaired) electrons. The number of nitriles is 1. The van der Waals surface area contributed by atoms with E-state index in [0.29, 0.717) is 10.7 Å². The molecule has 1 rings (SSSR count). The molecule has 0 bridgehead atoms. The van der Waals surface area contributed by atoms with Crippen LogP contribution in [0.3, 0.4) is 0 Å². The van der Waals surface area contributed by atoms with Gasteiger partial charge in [-0.2, -0.15) is 5.26 Å². The van der Waals surface area contributed by atoms with Crippen molar-refractivity contribution in [3.63, 3.8) is 0 Å². The first-order valence-electron chi connectivity index (χ1n) is 3.98. The van der Waals surface area contributed by atoms with Crippen LogP contribution in [0.25, 0.3) is 0 Å². The van der Waals surface area contributed by atoms with Gasteiger partial charge in [0.25, 0.3) is 0 Å². The van der Waals surface area contributed by atoms with Crippen molar-refractivity contribution < 1.29 is 9.47 Å². The highest BCUT2D eigenvalue weighted by Crippen LogP contribution is 2.12. The predicted molar refractivity (Wildman–Crippen MR) is 56.1 cm³/mol. The van der Waals surface area contributed by atoms with Crippen molar-refractivity contribution in [2.45, 2.75) is 6.29 Å². The number of dihydropyridines is 1. The van der Waals surface area contributed by atoms with Gasteiger partial charge in [0.1, 0.15) is 10.9 Å². The van der Waals surface area contributed by atoms with E-state index >= 15 is 0 Å². The van der Waals surface area contributed by atoms with Crippen molar-refractivity contribution in [2.24, 2.45) is 10.9 Å². The molecular weight excluding hydrogens is 200 g/mol. The van der Waals surface area contributed by atoms with E-state index < -0.39 is 12.2 Å². The van der Waals surface area contributed by atoms with Gasteiger partial charge in [-0.25, -0.2) is 4.99 Å². The summed E-state index contributed by atoms with van der Waals surface area (Å²) in [6.07, 6.45) is 2.86. The van der Waals surface area contributed by atoms with Crippen molar-refractivity contribution in [3.05, 3.63) is 12.2 Å². The summed E-state index contributed by atoms with van der Waals surface area (Å²) in [5, 5.41) is 8.68. The normalized spacial score (nSPS) is 20.9. The van der Waals surface area contributed by atoms with E-state index in [-0.39, 0.29) is 0 Å². The van der Waals surface area contributed by atoms with Crippen molar-refractivity contribution in [1.82, 2.24) is 0 Å². The van der Waals surface area contributed by atoms with Crippen LogP contribution in [0.1, 0.15) is 0 Å². The van der Waals surface area contributed by atoms with Gasteiger partial charge in [-0.15, -0.1) is 0 Å². The average Bonchev–Trinajstić information content (AvgIpc) is 2.20. The minimum Gasteiger partial charge on any atom is -0.350 e. The molecule has 0 N–H and O–H groups in total. The molecule has 0 aliphatic carbocycles. The van der Waals surface area contributed by atoms with Crippen molar-refractivity contribution in [1.29, 1.82) is 5.26 Å². The quantitative estimate of drug-likeness (QED) is 0.516. The molecule has 14 heavy (non-hydrogen) atoms. The Morgan fingerprint density at radius 1 is 1.57 bits per heavy atom. The fraction of sp³-hybridized carbons (Fsp3) is 0.444. The molecule has 5 heteroatoms. The fourth-order valence-corrected chi connectivity index (χ4v) is 1.32. The lowest BCUT2D eigenvalue weighted by Gasteiger charge is -2.17. The van der Waals surface area contributed by atoms with Crippen molar-refractivity contribution >= 4 is 22.9 Å². The number of hydrogen-bond donors (Lipinski definition) is 0. The maximum atomic E-state index is 8.68. The molecule has 0 spiro atoms. The number of aliphatic imine (C=N–C) groups is 1. The Labute approximate surface area is 87.8 Å². The highest BCUT2D eigenvalue weighted by atomic mass is 32.1. The molecule has 74 valence electrons. The van der Waals surface area contributed by atoms with Gasteiger partial charge in [0.05, 0.1) is 11.8 Å². The third kappa shape index (κ3) is 2.23. The maximum Gasteiger partial charge on any atom is 0.200 e. The molecule has 1 heterocycles. The Morgan fingerprint density at radius 2 is 2.21 bits per heavy atom. The average molecular weight is 210 g/mol. The van der Waals surface area contributed by atoms with Crippen LogP contribution in [0.15, 0.2) is 17.1 Å². The van der Waals surface area contributed by atoms with Crippen LogP contribution >= 0.6 is 12.2 Å². The molecule has 0 saturated carbocycles. The van der Waals surface area contributed by atoms with E-state index in [9.17, 15) is 0 Å². The van der Waals surface area contributed by atoms with Gasteiger partial charge in [0, 0.05) is 14.2 Å². The van der Waals surface area contributed by atoms with Crippen LogP contribution in [0, 0.1) is 17.2 Å². The first-order valence-corrected chi connectivity index (χ1v) is 4.39. The molecule has 1 aliphatic heterocycles. The number of methoxy groups -OCH3 is 2. The topological polar surface area (TPSA) is 54.6 Å². The Morgan fingerprint density at radius 3 is 2.64 bits per heavy atom. The Bertz CT molecular complexity index is 326. The standard InChI is InChI=1S/C9H10N2O2S/c1-12-9(13-2)7-4-3-6(5-10)8(14)11-7/h3-4,6,9H,1-2H3. The van der Waals surface area contributed by atoms with Gasteiger partial charge in [-0.1, -0.05) is 18.3 Å². The molecule has 1 atom stereocenters. The van der Waals surface area contributed by atoms with Crippen LogP contribution < -0.4 is 0 Å². The van der Waals surface area contributed by atoms with E-state index in [1.54, 1.807) is 12.2 Å². The first kappa shape index (κ1) is 11.0. The smallest absolute Gasteiger partial charge is 0.200 e. The Balaban J connectivity index is 2.82. The molecule has 0 saturated heterocycles. The molecule has 0 aromatic carbocycles. The first-order chi connectivity index (χ1) is 6.72. The zero-order chi connectivity index (χ0) is 10.6. The second-order valence-electron chi connectivity index (χ2n) is 2.64. The summed E-state index contributed by atoms with van der Waals surface area (Å²) >= 11 is 4.95. The molecule has 1 aliphatic rings.